The lowest BCUT2D eigenvalue weighted by Gasteiger charge is -2.15. The van der Waals surface area contributed by atoms with Gasteiger partial charge < -0.3 is 11.5 Å². The summed E-state index contributed by atoms with van der Waals surface area (Å²) in [5, 5.41) is 0.526. The second-order valence-corrected chi connectivity index (χ2v) is 5.05. The monoisotopic (exact) mass is 301 g/mol. The van der Waals surface area contributed by atoms with Crippen LogP contribution >= 0.6 is 11.6 Å². The van der Waals surface area contributed by atoms with Crippen molar-refractivity contribution in [2.75, 3.05) is 0 Å². The molecule has 0 aliphatic rings. The number of rotatable bonds is 4. The summed E-state index contributed by atoms with van der Waals surface area (Å²) in [6, 6.07) is 16.9. The molecule has 4 N–H and O–H groups in total. The maximum atomic E-state index is 12.3. The van der Waals surface area contributed by atoms with Crippen molar-refractivity contribution in [1.29, 1.82) is 0 Å². The molecule has 0 saturated heterocycles. The number of hydrogen-bond acceptors (Lipinski definition) is 1. The molecule has 0 radical (unpaired) electrons. The van der Waals surface area contributed by atoms with Crippen molar-refractivity contribution in [3.8, 4) is 0 Å². The number of nitrogens with zero attached hydrogens (tertiary/aromatic N) is 1. The van der Waals surface area contributed by atoms with Crippen molar-refractivity contribution in [3.63, 3.8) is 0 Å². The smallest absolute Gasteiger partial charge is 0.256 e. The second-order valence-electron chi connectivity index (χ2n) is 4.64. The lowest BCUT2D eigenvalue weighted by Crippen LogP contribution is -2.26. The van der Waals surface area contributed by atoms with Gasteiger partial charge in [0.1, 0.15) is 0 Å². The van der Waals surface area contributed by atoms with Crippen LogP contribution in [-0.2, 0) is 11.2 Å². The molecule has 1 unspecified atom stereocenters. The number of carbonyl (C=O) groups excluding carboxylic acids is 1. The molecule has 5 heteroatoms. The van der Waals surface area contributed by atoms with E-state index in [2.05, 4.69) is 4.99 Å². The molecule has 4 nitrogen and oxygen atoms in total. The minimum Gasteiger partial charge on any atom is -0.370 e. The van der Waals surface area contributed by atoms with Gasteiger partial charge in [0.05, 0.1) is 5.92 Å². The number of hydrogen-bond donors (Lipinski definition) is 2. The molecule has 0 saturated carbocycles. The summed E-state index contributed by atoms with van der Waals surface area (Å²) in [4.78, 5) is 16.0. The zero-order valence-corrected chi connectivity index (χ0v) is 12.1. The summed E-state index contributed by atoms with van der Waals surface area (Å²) < 4.78 is 0. The van der Waals surface area contributed by atoms with E-state index >= 15 is 0 Å². The molecule has 2 rings (SSSR count). The summed E-state index contributed by atoms with van der Waals surface area (Å²) in [6.45, 7) is 0. The lowest BCUT2D eigenvalue weighted by atomic mass is 9.91. The first kappa shape index (κ1) is 15.1. The highest BCUT2D eigenvalue weighted by molar-refractivity contribution is 6.31. The molecule has 0 aliphatic carbocycles. The predicted molar refractivity (Wildman–Crippen MR) is 85.2 cm³/mol. The van der Waals surface area contributed by atoms with Crippen LogP contribution in [0.5, 0.6) is 0 Å². The van der Waals surface area contributed by atoms with Gasteiger partial charge in [0.15, 0.2) is 5.96 Å². The molecular formula is C16H16ClN3O. The Hall–Kier alpha value is -2.33. The van der Waals surface area contributed by atoms with Crippen molar-refractivity contribution in [3.05, 3.63) is 70.7 Å². The first-order chi connectivity index (χ1) is 10.1. The topological polar surface area (TPSA) is 81.5 Å². The first-order valence-electron chi connectivity index (χ1n) is 6.49. The van der Waals surface area contributed by atoms with Crippen LogP contribution in [0.15, 0.2) is 59.6 Å². The van der Waals surface area contributed by atoms with E-state index < -0.39 is 11.8 Å². The molecular weight excluding hydrogens is 286 g/mol. The molecule has 1 atom stereocenters. The van der Waals surface area contributed by atoms with Crippen LogP contribution in [0.1, 0.15) is 17.0 Å². The molecule has 2 aromatic carbocycles. The van der Waals surface area contributed by atoms with Crippen molar-refractivity contribution < 1.29 is 4.79 Å². The number of halogens is 1. The molecule has 0 aliphatic heterocycles. The third-order valence-corrected chi connectivity index (χ3v) is 3.44. The number of aliphatic imine (C=N–C) groups is 1. The van der Waals surface area contributed by atoms with E-state index in [1.165, 1.54) is 0 Å². The normalized spacial score (nSPS) is 11.7. The molecule has 0 fully saturated rings. The quantitative estimate of drug-likeness (QED) is 0.672. The SMILES string of the molecule is NC(N)=NC(=O)C(Cc1ccccc1)c1ccccc1Cl. The fourth-order valence-corrected chi connectivity index (χ4v) is 2.41. The van der Waals surface area contributed by atoms with Gasteiger partial charge in [0, 0.05) is 5.02 Å². The Morgan fingerprint density at radius 1 is 1.05 bits per heavy atom. The van der Waals surface area contributed by atoms with Crippen LogP contribution in [0, 0.1) is 0 Å². The number of benzene rings is 2. The number of guanidine groups is 1. The van der Waals surface area contributed by atoms with Crippen LogP contribution in [0.3, 0.4) is 0 Å². The molecule has 21 heavy (non-hydrogen) atoms. The van der Waals surface area contributed by atoms with Crippen molar-refractivity contribution in [1.82, 2.24) is 0 Å². The Labute approximate surface area is 128 Å². The van der Waals surface area contributed by atoms with Crippen LogP contribution in [0.2, 0.25) is 5.02 Å². The zero-order chi connectivity index (χ0) is 15.2. The Morgan fingerprint density at radius 3 is 2.29 bits per heavy atom. The van der Waals surface area contributed by atoms with Gasteiger partial charge in [0.25, 0.3) is 5.91 Å². The van der Waals surface area contributed by atoms with E-state index in [-0.39, 0.29) is 5.96 Å². The van der Waals surface area contributed by atoms with Gasteiger partial charge in [-0.05, 0) is 23.6 Å². The summed E-state index contributed by atoms with van der Waals surface area (Å²) in [7, 11) is 0. The molecule has 2 aromatic rings. The van der Waals surface area contributed by atoms with Crippen molar-refractivity contribution in [2.45, 2.75) is 12.3 Å². The summed E-state index contributed by atoms with van der Waals surface area (Å²) in [5.74, 6) is -1.15. The number of carbonyl (C=O) groups is 1. The predicted octanol–water partition coefficient (Wildman–Crippen LogP) is 2.47. The highest BCUT2D eigenvalue weighted by atomic mass is 35.5. The highest BCUT2D eigenvalue weighted by Crippen LogP contribution is 2.28. The van der Waals surface area contributed by atoms with Gasteiger partial charge >= 0.3 is 0 Å². The standard InChI is InChI=1S/C16H16ClN3O/c17-14-9-5-4-8-12(14)13(15(21)20-16(18)19)10-11-6-2-1-3-7-11/h1-9,13H,10H2,(H4,18,19,20,21). The average molecular weight is 302 g/mol. The largest absolute Gasteiger partial charge is 0.370 e. The third kappa shape index (κ3) is 4.07. The first-order valence-corrected chi connectivity index (χ1v) is 6.87. The van der Waals surface area contributed by atoms with Gasteiger partial charge in [-0.25, -0.2) is 0 Å². The highest BCUT2D eigenvalue weighted by Gasteiger charge is 2.23. The number of nitrogens with two attached hydrogens (primary N) is 2. The minimum atomic E-state index is -0.511. The van der Waals surface area contributed by atoms with Crippen LogP contribution in [-0.4, -0.2) is 11.9 Å². The third-order valence-electron chi connectivity index (χ3n) is 3.10. The van der Waals surface area contributed by atoms with Crippen LogP contribution in [0.4, 0.5) is 0 Å². The number of amides is 1. The van der Waals surface area contributed by atoms with E-state index in [9.17, 15) is 4.79 Å². The molecule has 0 spiro atoms. The second kappa shape index (κ2) is 6.90. The molecule has 1 amide bonds. The van der Waals surface area contributed by atoms with Crippen molar-refractivity contribution in [2.24, 2.45) is 16.5 Å². The van der Waals surface area contributed by atoms with Gasteiger partial charge in [-0.1, -0.05) is 60.1 Å². The van der Waals surface area contributed by atoms with Crippen LogP contribution < -0.4 is 11.5 Å². The maximum absolute atomic E-state index is 12.3. The molecule has 0 bridgehead atoms. The van der Waals surface area contributed by atoms with E-state index in [0.717, 1.165) is 11.1 Å². The molecule has 108 valence electrons. The van der Waals surface area contributed by atoms with Gasteiger partial charge in [-0.2, -0.15) is 4.99 Å². The Morgan fingerprint density at radius 2 is 1.67 bits per heavy atom. The molecule has 0 heterocycles. The fraction of sp³-hybridized carbons (Fsp3) is 0.125. The Bertz CT molecular complexity index is 652. The van der Waals surface area contributed by atoms with Gasteiger partial charge in [-0.3, -0.25) is 4.79 Å². The summed E-state index contributed by atoms with van der Waals surface area (Å²) in [6.07, 6.45) is 0.486. The Kier molecular flexibility index (Phi) is 4.95. The zero-order valence-electron chi connectivity index (χ0n) is 11.4. The van der Waals surface area contributed by atoms with E-state index in [4.69, 9.17) is 23.1 Å². The van der Waals surface area contributed by atoms with E-state index in [0.29, 0.717) is 11.4 Å². The summed E-state index contributed by atoms with van der Waals surface area (Å²) in [5.41, 5.74) is 12.4. The lowest BCUT2D eigenvalue weighted by molar-refractivity contribution is -0.119. The van der Waals surface area contributed by atoms with E-state index in [1.807, 2.05) is 48.5 Å². The van der Waals surface area contributed by atoms with Gasteiger partial charge in [0.2, 0.25) is 0 Å². The average Bonchev–Trinajstić information content (AvgIpc) is 2.46. The van der Waals surface area contributed by atoms with Crippen LogP contribution in [0.25, 0.3) is 0 Å². The Balaban J connectivity index is 2.38. The minimum absolute atomic E-state index is 0.245. The summed E-state index contributed by atoms with van der Waals surface area (Å²) >= 11 is 6.20. The molecule has 0 aromatic heterocycles. The maximum Gasteiger partial charge on any atom is 0.256 e. The van der Waals surface area contributed by atoms with Gasteiger partial charge in [-0.15, -0.1) is 0 Å². The van der Waals surface area contributed by atoms with Crippen molar-refractivity contribution >= 4 is 23.5 Å². The van der Waals surface area contributed by atoms with E-state index in [1.54, 1.807) is 6.07 Å². The fourth-order valence-electron chi connectivity index (χ4n) is 2.14.